The van der Waals surface area contributed by atoms with Crippen molar-refractivity contribution in [2.45, 2.75) is 37.6 Å². The summed E-state index contributed by atoms with van der Waals surface area (Å²) in [7, 11) is -3.41. The molecule has 2 heterocycles. The van der Waals surface area contributed by atoms with Crippen molar-refractivity contribution < 1.29 is 8.42 Å². The molecule has 0 radical (unpaired) electrons. The van der Waals surface area contributed by atoms with Crippen LogP contribution in [-0.2, 0) is 29.5 Å². The molecule has 7 heteroatoms. The van der Waals surface area contributed by atoms with Crippen LogP contribution in [0.3, 0.4) is 0 Å². The van der Waals surface area contributed by atoms with E-state index in [1.807, 2.05) is 25.1 Å². The SMILES string of the molecule is CCNCc1ccc(S(=O)(=O)NCc2ccc(CC)s2)s1. The van der Waals surface area contributed by atoms with Crippen molar-refractivity contribution in [3.8, 4) is 0 Å². The first kappa shape index (κ1) is 16.6. The Morgan fingerprint density at radius 3 is 2.29 bits per heavy atom. The fraction of sp³-hybridized carbons (Fsp3) is 0.429. The second kappa shape index (κ2) is 7.51. The predicted octanol–water partition coefficient (Wildman–Crippen LogP) is 2.96. The molecule has 0 bridgehead atoms. The highest BCUT2D eigenvalue weighted by atomic mass is 32.2. The summed E-state index contributed by atoms with van der Waals surface area (Å²) in [6.45, 7) is 6.06. The van der Waals surface area contributed by atoms with Gasteiger partial charge in [-0.05, 0) is 37.2 Å². The summed E-state index contributed by atoms with van der Waals surface area (Å²) in [5, 5.41) is 3.19. The fourth-order valence-corrected chi connectivity index (χ4v) is 5.16. The average molecular weight is 345 g/mol. The number of rotatable bonds is 8. The number of sulfonamides is 1. The van der Waals surface area contributed by atoms with Gasteiger partial charge in [0.15, 0.2) is 0 Å². The van der Waals surface area contributed by atoms with E-state index in [-0.39, 0.29) is 0 Å². The van der Waals surface area contributed by atoms with Crippen LogP contribution in [0.4, 0.5) is 0 Å². The van der Waals surface area contributed by atoms with Crippen LogP contribution in [0.5, 0.6) is 0 Å². The second-order valence-electron chi connectivity index (χ2n) is 4.55. The lowest BCUT2D eigenvalue weighted by Crippen LogP contribution is -2.21. The van der Waals surface area contributed by atoms with E-state index in [9.17, 15) is 8.42 Å². The third kappa shape index (κ3) is 4.62. The minimum absolute atomic E-state index is 0.355. The van der Waals surface area contributed by atoms with Gasteiger partial charge in [-0.1, -0.05) is 13.8 Å². The molecule has 0 saturated carbocycles. The van der Waals surface area contributed by atoms with Crippen LogP contribution in [0.25, 0.3) is 0 Å². The van der Waals surface area contributed by atoms with Gasteiger partial charge in [0.25, 0.3) is 0 Å². The van der Waals surface area contributed by atoms with E-state index in [0.717, 1.165) is 22.7 Å². The summed E-state index contributed by atoms with van der Waals surface area (Å²) >= 11 is 2.97. The summed E-state index contributed by atoms with van der Waals surface area (Å²) in [4.78, 5) is 3.34. The molecule has 2 rings (SSSR count). The zero-order valence-electron chi connectivity index (χ0n) is 12.2. The molecule has 2 aromatic heterocycles. The molecular weight excluding hydrogens is 324 g/mol. The number of hydrogen-bond acceptors (Lipinski definition) is 5. The molecule has 0 amide bonds. The Morgan fingerprint density at radius 2 is 1.62 bits per heavy atom. The number of aryl methyl sites for hydroxylation is 1. The molecule has 0 spiro atoms. The van der Waals surface area contributed by atoms with Gasteiger partial charge >= 0.3 is 0 Å². The summed E-state index contributed by atoms with van der Waals surface area (Å²) in [5.41, 5.74) is 0. The maximum Gasteiger partial charge on any atom is 0.250 e. The average Bonchev–Trinajstić information content (AvgIpc) is 3.12. The molecule has 2 N–H and O–H groups in total. The van der Waals surface area contributed by atoms with E-state index < -0.39 is 10.0 Å². The molecule has 0 fully saturated rings. The van der Waals surface area contributed by atoms with Crippen molar-refractivity contribution in [1.82, 2.24) is 10.0 Å². The Morgan fingerprint density at radius 1 is 0.952 bits per heavy atom. The Bertz CT molecular complexity index is 674. The molecule has 0 aromatic carbocycles. The van der Waals surface area contributed by atoms with Gasteiger partial charge in [-0.3, -0.25) is 0 Å². The van der Waals surface area contributed by atoms with Crippen molar-refractivity contribution in [2.75, 3.05) is 6.54 Å². The fourth-order valence-electron chi connectivity index (χ4n) is 1.79. The third-order valence-electron chi connectivity index (χ3n) is 2.95. The summed E-state index contributed by atoms with van der Waals surface area (Å²) < 4.78 is 27.6. The summed E-state index contributed by atoms with van der Waals surface area (Å²) in [5.74, 6) is 0. The molecule has 0 aliphatic carbocycles. The maximum atomic E-state index is 12.3. The maximum absolute atomic E-state index is 12.3. The van der Waals surface area contributed by atoms with Crippen molar-refractivity contribution in [2.24, 2.45) is 0 Å². The number of nitrogens with one attached hydrogen (secondary N) is 2. The van der Waals surface area contributed by atoms with Gasteiger partial charge in [0.1, 0.15) is 4.21 Å². The first-order chi connectivity index (χ1) is 10.0. The van der Waals surface area contributed by atoms with Crippen LogP contribution in [0.1, 0.15) is 28.5 Å². The van der Waals surface area contributed by atoms with E-state index >= 15 is 0 Å². The molecule has 0 aliphatic rings. The molecule has 4 nitrogen and oxygen atoms in total. The topological polar surface area (TPSA) is 58.2 Å². The molecule has 0 aliphatic heterocycles. The Kier molecular flexibility index (Phi) is 5.95. The van der Waals surface area contributed by atoms with Crippen molar-refractivity contribution in [3.63, 3.8) is 0 Å². The van der Waals surface area contributed by atoms with Crippen LogP contribution >= 0.6 is 22.7 Å². The largest absolute Gasteiger partial charge is 0.312 e. The minimum Gasteiger partial charge on any atom is -0.312 e. The normalized spacial score (nSPS) is 11.9. The quantitative estimate of drug-likeness (QED) is 0.774. The lowest BCUT2D eigenvalue weighted by Gasteiger charge is -2.03. The van der Waals surface area contributed by atoms with Crippen molar-refractivity contribution >= 4 is 32.7 Å². The summed E-state index contributed by atoms with van der Waals surface area (Å²) in [6, 6.07) is 7.57. The molecule has 21 heavy (non-hydrogen) atoms. The molecule has 0 atom stereocenters. The van der Waals surface area contributed by atoms with Gasteiger partial charge in [0.05, 0.1) is 0 Å². The highest BCUT2D eigenvalue weighted by Crippen LogP contribution is 2.22. The zero-order chi connectivity index (χ0) is 15.3. The van der Waals surface area contributed by atoms with E-state index in [0.29, 0.717) is 17.3 Å². The first-order valence-corrected chi connectivity index (χ1v) is 10.0. The Balaban J connectivity index is 1.99. The Labute approximate surface area is 134 Å². The van der Waals surface area contributed by atoms with Gasteiger partial charge < -0.3 is 5.32 Å². The van der Waals surface area contributed by atoms with E-state index in [1.165, 1.54) is 16.2 Å². The number of hydrogen-bond donors (Lipinski definition) is 2. The van der Waals surface area contributed by atoms with Crippen LogP contribution < -0.4 is 10.0 Å². The van der Waals surface area contributed by atoms with Crippen molar-refractivity contribution in [3.05, 3.63) is 38.9 Å². The third-order valence-corrected chi connectivity index (χ3v) is 7.16. The van der Waals surface area contributed by atoms with Crippen LogP contribution in [0.2, 0.25) is 0 Å². The molecule has 2 aromatic rings. The monoisotopic (exact) mass is 344 g/mol. The van der Waals surface area contributed by atoms with Gasteiger partial charge in [-0.15, -0.1) is 22.7 Å². The smallest absolute Gasteiger partial charge is 0.250 e. The molecule has 0 unspecified atom stereocenters. The van der Waals surface area contributed by atoms with Gasteiger partial charge in [-0.25, -0.2) is 13.1 Å². The molecular formula is C14H20N2O2S3. The highest BCUT2D eigenvalue weighted by Gasteiger charge is 2.16. The van der Waals surface area contributed by atoms with E-state index in [1.54, 1.807) is 17.4 Å². The summed E-state index contributed by atoms with van der Waals surface area (Å²) in [6.07, 6.45) is 0.982. The first-order valence-electron chi connectivity index (χ1n) is 6.91. The van der Waals surface area contributed by atoms with Gasteiger partial charge in [0, 0.05) is 27.7 Å². The Hall–Kier alpha value is -0.730. The van der Waals surface area contributed by atoms with Gasteiger partial charge in [0.2, 0.25) is 10.0 Å². The minimum atomic E-state index is -3.41. The van der Waals surface area contributed by atoms with E-state index in [2.05, 4.69) is 17.0 Å². The lowest BCUT2D eigenvalue weighted by molar-refractivity contribution is 0.584. The zero-order valence-corrected chi connectivity index (χ0v) is 14.6. The van der Waals surface area contributed by atoms with Crippen LogP contribution in [0, 0.1) is 0 Å². The lowest BCUT2D eigenvalue weighted by atomic mass is 10.4. The van der Waals surface area contributed by atoms with Crippen molar-refractivity contribution in [1.29, 1.82) is 0 Å². The van der Waals surface area contributed by atoms with Crippen LogP contribution in [-0.4, -0.2) is 15.0 Å². The van der Waals surface area contributed by atoms with E-state index in [4.69, 9.17) is 0 Å². The van der Waals surface area contributed by atoms with Crippen LogP contribution in [0.15, 0.2) is 28.5 Å². The predicted molar refractivity (Wildman–Crippen MR) is 89.4 cm³/mol. The number of thiophene rings is 2. The molecule has 116 valence electrons. The van der Waals surface area contributed by atoms with Gasteiger partial charge in [-0.2, -0.15) is 0 Å². The molecule has 0 saturated heterocycles. The second-order valence-corrected chi connectivity index (χ2v) is 8.96. The highest BCUT2D eigenvalue weighted by molar-refractivity contribution is 7.91. The standard InChI is InChI=1S/C14H20N2O2S3/c1-3-11-5-6-13(19-11)10-16-21(17,18)14-8-7-12(20-14)9-15-4-2/h5-8,15-16H,3-4,9-10H2,1-2H3.